The van der Waals surface area contributed by atoms with Gasteiger partial charge >= 0.3 is 0 Å². The number of nitrogens with zero attached hydrogens (tertiary/aromatic N) is 1. The van der Waals surface area contributed by atoms with Crippen LogP contribution in [0.25, 0.3) is 22.6 Å². The van der Waals surface area contributed by atoms with Crippen molar-refractivity contribution in [1.82, 2.24) is 10.3 Å². The Morgan fingerprint density at radius 3 is 2.74 bits per heavy atom. The lowest BCUT2D eigenvalue weighted by Gasteiger charge is -2.13. The van der Waals surface area contributed by atoms with Crippen molar-refractivity contribution in [3.63, 3.8) is 0 Å². The third-order valence-corrected chi connectivity index (χ3v) is 4.88. The van der Waals surface area contributed by atoms with Crippen LogP contribution in [0.1, 0.15) is 20.3 Å². The first-order valence-corrected chi connectivity index (χ1v) is 9.82. The molecule has 1 aliphatic carbocycles. The SMILES string of the molecule is CC(=O)N[C@@H](C)COc1ccc2nc(-c3ccc(OCC4CC4(F)F)c(F)c3)oc2c1. The van der Waals surface area contributed by atoms with Gasteiger partial charge in [0.25, 0.3) is 5.92 Å². The lowest BCUT2D eigenvalue weighted by Crippen LogP contribution is -2.35. The number of rotatable bonds is 8. The number of ether oxygens (including phenoxy) is 2. The van der Waals surface area contributed by atoms with E-state index in [2.05, 4.69) is 10.3 Å². The first-order chi connectivity index (χ1) is 14.7. The van der Waals surface area contributed by atoms with Crippen molar-refractivity contribution in [3.8, 4) is 23.0 Å². The first kappa shape index (κ1) is 21.0. The monoisotopic (exact) mass is 434 g/mol. The number of hydrogen-bond donors (Lipinski definition) is 1. The van der Waals surface area contributed by atoms with E-state index < -0.39 is 17.7 Å². The molecule has 1 aliphatic rings. The molecule has 1 aromatic heterocycles. The third kappa shape index (κ3) is 4.92. The lowest BCUT2D eigenvalue weighted by atomic mass is 10.2. The summed E-state index contributed by atoms with van der Waals surface area (Å²) in [5.41, 5.74) is 1.41. The zero-order valence-electron chi connectivity index (χ0n) is 17.0. The highest BCUT2D eigenvalue weighted by Crippen LogP contribution is 2.48. The van der Waals surface area contributed by atoms with Gasteiger partial charge in [0.15, 0.2) is 17.1 Å². The quantitative estimate of drug-likeness (QED) is 0.562. The Balaban J connectivity index is 1.44. The zero-order valence-corrected chi connectivity index (χ0v) is 17.0. The predicted octanol–water partition coefficient (Wildman–Crippen LogP) is 4.57. The van der Waals surface area contributed by atoms with E-state index in [0.29, 0.717) is 22.4 Å². The van der Waals surface area contributed by atoms with Crippen LogP contribution < -0.4 is 14.8 Å². The van der Waals surface area contributed by atoms with Gasteiger partial charge in [0.1, 0.15) is 17.9 Å². The number of hydrogen-bond acceptors (Lipinski definition) is 5. The Kier molecular flexibility index (Phi) is 5.51. The molecule has 0 spiro atoms. The van der Waals surface area contributed by atoms with E-state index in [1.165, 1.54) is 19.1 Å². The number of halogens is 3. The normalized spacial score (nSPS) is 17.9. The minimum Gasteiger partial charge on any atom is -0.491 e. The maximum Gasteiger partial charge on any atom is 0.255 e. The molecule has 1 fully saturated rings. The van der Waals surface area contributed by atoms with Crippen molar-refractivity contribution in [1.29, 1.82) is 0 Å². The number of oxazole rings is 1. The molecule has 0 aliphatic heterocycles. The van der Waals surface area contributed by atoms with Gasteiger partial charge in [-0.3, -0.25) is 4.79 Å². The highest BCUT2D eigenvalue weighted by atomic mass is 19.3. The van der Waals surface area contributed by atoms with E-state index in [1.807, 2.05) is 6.92 Å². The second kappa shape index (κ2) is 8.13. The standard InChI is InChI=1S/C22H21F3N2O4/c1-12(26-13(2)28)10-29-16-4-5-18-20(8-16)31-21(27-18)14-3-6-19(17(23)7-14)30-11-15-9-22(15,24)25/h3-8,12,15H,9-11H2,1-2H3,(H,26,28)/t12-,15?/m0/s1. The molecule has 0 radical (unpaired) electrons. The maximum absolute atomic E-state index is 14.4. The second-order valence-corrected chi connectivity index (χ2v) is 7.68. The van der Waals surface area contributed by atoms with E-state index in [4.69, 9.17) is 13.9 Å². The van der Waals surface area contributed by atoms with Gasteiger partial charge in [-0.15, -0.1) is 0 Å². The molecule has 2 aromatic carbocycles. The smallest absolute Gasteiger partial charge is 0.255 e. The molecule has 1 N–H and O–H groups in total. The molecule has 3 aromatic rings. The van der Waals surface area contributed by atoms with Crippen LogP contribution in [0, 0.1) is 11.7 Å². The molecule has 164 valence electrons. The van der Waals surface area contributed by atoms with Crippen molar-refractivity contribution in [2.45, 2.75) is 32.2 Å². The van der Waals surface area contributed by atoms with Crippen LogP contribution in [0.2, 0.25) is 0 Å². The summed E-state index contributed by atoms with van der Waals surface area (Å²) in [7, 11) is 0. The highest BCUT2D eigenvalue weighted by molar-refractivity contribution is 5.77. The van der Waals surface area contributed by atoms with Crippen LogP contribution in [0.3, 0.4) is 0 Å². The van der Waals surface area contributed by atoms with Crippen molar-refractivity contribution >= 4 is 17.0 Å². The number of nitrogens with one attached hydrogen (secondary N) is 1. The fourth-order valence-corrected chi connectivity index (χ4v) is 3.12. The minimum absolute atomic E-state index is 0.0912. The molecule has 1 heterocycles. The molecular formula is C22H21F3N2O4. The number of carbonyl (C=O) groups excluding carboxylic acids is 1. The summed E-state index contributed by atoms with van der Waals surface area (Å²) in [5, 5.41) is 2.73. The molecule has 0 saturated heterocycles. The van der Waals surface area contributed by atoms with Gasteiger partial charge in [0, 0.05) is 25.0 Å². The molecule has 1 saturated carbocycles. The largest absolute Gasteiger partial charge is 0.491 e. The van der Waals surface area contributed by atoms with Gasteiger partial charge in [0.05, 0.1) is 18.6 Å². The number of fused-ring (bicyclic) bond motifs is 1. The molecule has 1 unspecified atom stereocenters. The van der Waals surface area contributed by atoms with Gasteiger partial charge in [-0.2, -0.15) is 0 Å². The summed E-state index contributed by atoms with van der Waals surface area (Å²) in [4.78, 5) is 15.4. The lowest BCUT2D eigenvalue weighted by molar-refractivity contribution is -0.119. The number of amides is 1. The van der Waals surface area contributed by atoms with Crippen LogP contribution in [0.15, 0.2) is 40.8 Å². The van der Waals surface area contributed by atoms with Crippen molar-refractivity contribution in [2.24, 2.45) is 5.92 Å². The van der Waals surface area contributed by atoms with Crippen LogP contribution in [-0.4, -0.2) is 36.1 Å². The Labute approximate surface area is 176 Å². The molecule has 9 heteroatoms. The fourth-order valence-electron chi connectivity index (χ4n) is 3.12. The van der Waals surface area contributed by atoms with Crippen LogP contribution in [0.4, 0.5) is 13.2 Å². The number of benzene rings is 2. The average molecular weight is 434 g/mol. The molecule has 1 amide bonds. The van der Waals surface area contributed by atoms with E-state index in [1.54, 1.807) is 24.3 Å². The topological polar surface area (TPSA) is 73.6 Å². The summed E-state index contributed by atoms with van der Waals surface area (Å²) in [6, 6.07) is 9.06. The Morgan fingerprint density at radius 2 is 2.06 bits per heavy atom. The summed E-state index contributed by atoms with van der Waals surface area (Å²) < 4.78 is 56.8. The Bertz CT molecular complexity index is 1120. The summed E-state index contributed by atoms with van der Waals surface area (Å²) in [5.74, 6) is -3.73. The van der Waals surface area contributed by atoms with Crippen LogP contribution in [-0.2, 0) is 4.79 Å². The van der Waals surface area contributed by atoms with Crippen molar-refractivity contribution < 1.29 is 31.9 Å². The molecule has 0 bridgehead atoms. The minimum atomic E-state index is -2.71. The van der Waals surface area contributed by atoms with Gasteiger partial charge < -0.3 is 19.2 Å². The van der Waals surface area contributed by atoms with E-state index >= 15 is 0 Å². The fraction of sp³-hybridized carbons (Fsp3) is 0.364. The predicted molar refractivity (Wildman–Crippen MR) is 107 cm³/mol. The van der Waals surface area contributed by atoms with E-state index in [9.17, 15) is 18.0 Å². The third-order valence-electron chi connectivity index (χ3n) is 4.88. The van der Waals surface area contributed by atoms with Gasteiger partial charge in [-0.1, -0.05) is 0 Å². The summed E-state index contributed by atoms with van der Waals surface area (Å²) >= 11 is 0. The van der Waals surface area contributed by atoms with Gasteiger partial charge in [-0.25, -0.2) is 18.2 Å². The van der Waals surface area contributed by atoms with Crippen LogP contribution in [0.5, 0.6) is 11.5 Å². The van der Waals surface area contributed by atoms with Crippen LogP contribution >= 0.6 is 0 Å². The summed E-state index contributed by atoms with van der Waals surface area (Å²) in [6.45, 7) is 3.32. The number of aromatic nitrogens is 1. The molecule has 31 heavy (non-hydrogen) atoms. The second-order valence-electron chi connectivity index (χ2n) is 7.68. The Hall–Kier alpha value is -3.23. The van der Waals surface area contributed by atoms with E-state index in [0.717, 1.165) is 0 Å². The Morgan fingerprint density at radius 1 is 1.29 bits per heavy atom. The highest BCUT2D eigenvalue weighted by Gasteiger charge is 2.57. The summed E-state index contributed by atoms with van der Waals surface area (Å²) in [6.07, 6.45) is -0.229. The van der Waals surface area contributed by atoms with E-state index in [-0.39, 0.29) is 43.2 Å². The number of alkyl halides is 2. The molecule has 2 atom stereocenters. The van der Waals surface area contributed by atoms with Gasteiger partial charge in [-0.05, 0) is 37.3 Å². The van der Waals surface area contributed by atoms with Crippen molar-refractivity contribution in [2.75, 3.05) is 13.2 Å². The van der Waals surface area contributed by atoms with Gasteiger partial charge in [0.2, 0.25) is 11.8 Å². The maximum atomic E-state index is 14.4. The average Bonchev–Trinajstić information content (AvgIpc) is 3.11. The molecular weight excluding hydrogens is 413 g/mol. The first-order valence-electron chi connectivity index (χ1n) is 9.82. The van der Waals surface area contributed by atoms with Crippen molar-refractivity contribution in [3.05, 3.63) is 42.2 Å². The number of carbonyl (C=O) groups is 1. The molecule has 6 nitrogen and oxygen atoms in total. The zero-order chi connectivity index (χ0) is 22.2. The molecule has 4 rings (SSSR count).